The molecule has 0 aliphatic rings. The summed E-state index contributed by atoms with van der Waals surface area (Å²) in [7, 11) is 0. The number of carbonyl (C=O) groups excluding carboxylic acids is 1. The van der Waals surface area contributed by atoms with E-state index in [-0.39, 0.29) is 23.3 Å². The van der Waals surface area contributed by atoms with Crippen LogP contribution in [-0.2, 0) is 4.79 Å². The summed E-state index contributed by atoms with van der Waals surface area (Å²) >= 11 is 0. The lowest BCUT2D eigenvalue weighted by molar-refractivity contribution is -0.127. The molecule has 2 N–H and O–H groups in total. The quantitative estimate of drug-likeness (QED) is 0.811. The van der Waals surface area contributed by atoms with E-state index in [4.69, 9.17) is 9.84 Å². The summed E-state index contributed by atoms with van der Waals surface area (Å²) in [6.45, 7) is 5.41. The van der Waals surface area contributed by atoms with Crippen molar-refractivity contribution in [3.63, 3.8) is 0 Å². The number of hydrogen-bond donors (Lipinski definition) is 2. The van der Waals surface area contributed by atoms with Crippen molar-refractivity contribution in [2.75, 3.05) is 0 Å². The van der Waals surface area contributed by atoms with Crippen LogP contribution in [-0.4, -0.2) is 29.1 Å². The first-order valence-electron chi connectivity index (χ1n) is 6.85. The highest BCUT2D eigenvalue weighted by molar-refractivity contribution is 5.91. The van der Waals surface area contributed by atoms with E-state index >= 15 is 0 Å². The van der Waals surface area contributed by atoms with Gasteiger partial charge in [0.25, 0.3) is 5.91 Å². The molecule has 0 radical (unpaired) electrons. The summed E-state index contributed by atoms with van der Waals surface area (Å²) in [6, 6.07) is 3.17. The molecule has 0 saturated heterocycles. The normalized spacial score (nSPS) is 13.3. The van der Waals surface area contributed by atoms with Crippen molar-refractivity contribution in [3.05, 3.63) is 29.6 Å². The number of rotatable bonds is 7. The van der Waals surface area contributed by atoms with Gasteiger partial charge in [0, 0.05) is 6.04 Å². The zero-order valence-electron chi connectivity index (χ0n) is 12.4. The van der Waals surface area contributed by atoms with Gasteiger partial charge in [-0.1, -0.05) is 13.3 Å². The predicted molar refractivity (Wildman–Crippen MR) is 76.0 cm³/mol. The first kappa shape index (κ1) is 16.9. The zero-order chi connectivity index (χ0) is 16.0. The first-order valence-corrected chi connectivity index (χ1v) is 6.85. The predicted octanol–water partition coefficient (Wildman–Crippen LogP) is 2.60. The molecule has 0 fully saturated rings. The summed E-state index contributed by atoms with van der Waals surface area (Å²) in [5, 5.41) is 11.8. The van der Waals surface area contributed by atoms with Crippen LogP contribution in [0, 0.1) is 5.82 Å². The van der Waals surface area contributed by atoms with E-state index in [2.05, 4.69) is 5.32 Å². The fourth-order valence-corrected chi connectivity index (χ4v) is 1.88. The maximum absolute atomic E-state index is 13.1. The van der Waals surface area contributed by atoms with Crippen molar-refractivity contribution < 1.29 is 23.8 Å². The second kappa shape index (κ2) is 7.61. The number of benzene rings is 1. The molecule has 0 saturated carbocycles. The first-order chi connectivity index (χ1) is 9.85. The smallest absolute Gasteiger partial charge is 0.339 e. The molecule has 0 aliphatic carbocycles. The zero-order valence-corrected chi connectivity index (χ0v) is 12.4. The average molecular weight is 297 g/mol. The number of nitrogens with one attached hydrogen (secondary N) is 1. The maximum Gasteiger partial charge on any atom is 0.339 e. The van der Waals surface area contributed by atoms with E-state index in [1.807, 2.05) is 13.8 Å². The Morgan fingerprint density at radius 1 is 1.38 bits per heavy atom. The highest BCUT2D eigenvalue weighted by atomic mass is 19.1. The molecule has 21 heavy (non-hydrogen) atoms. The van der Waals surface area contributed by atoms with Gasteiger partial charge < -0.3 is 15.2 Å². The van der Waals surface area contributed by atoms with Crippen LogP contribution in [0.2, 0.25) is 0 Å². The molecule has 2 unspecified atom stereocenters. The standard InChI is InChI=1S/C15H20FNO4/c1-4-5-9(2)17-14(18)10(3)21-13-7-6-11(16)8-12(13)15(19)20/h6-10H,4-5H2,1-3H3,(H,17,18)(H,19,20). The van der Waals surface area contributed by atoms with E-state index in [0.717, 1.165) is 25.0 Å². The van der Waals surface area contributed by atoms with Gasteiger partial charge in [0.15, 0.2) is 6.10 Å². The Kier molecular flexibility index (Phi) is 6.14. The lowest BCUT2D eigenvalue weighted by Gasteiger charge is -2.19. The fraction of sp³-hybridized carbons (Fsp3) is 0.467. The van der Waals surface area contributed by atoms with Gasteiger partial charge in [0.05, 0.1) is 0 Å². The van der Waals surface area contributed by atoms with Crippen molar-refractivity contribution in [1.29, 1.82) is 0 Å². The molecule has 1 amide bonds. The molecule has 0 spiro atoms. The van der Waals surface area contributed by atoms with Crippen molar-refractivity contribution in [1.82, 2.24) is 5.32 Å². The Hall–Kier alpha value is -2.11. The number of ether oxygens (including phenoxy) is 1. The third-order valence-electron chi connectivity index (χ3n) is 2.96. The minimum atomic E-state index is -1.31. The molecule has 116 valence electrons. The summed E-state index contributed by atoms with van der Waals surface area (Å²) < 4.78 is 18.4. The number of carbonyl (C=O) groups is 2. The Morgan fingerprint density at radius 2 is 2.05 bits per heavy atom. The Bertz CT molecular complexity index is 518. The van der Waals surface area contributed by atoms with Crippen LogP contribution in [0.3, 0.4) is 0 Å². The van der Waals surface area contributed by atoms with Gasteiger partial charge in [-0.05, 0) is 38.5 Å². The van der Waals surface area contributed by atoms with Crippen LogP contribution in [0.5, 0.6) is 5.75 Å². The van der Waals surface area contributed by atoms with E-state index in [0.29, 0.717) is 0 Å². The van der Waals surface area contributed by atoms with Crippen molar-refractivity contribution in [2.45, 2.75) is 45.8 Å². The third-order valence-corrected chi connectivity index (χ3v) is 2.96. The van der Waals surface area contributed by atoms with Crippen LogP contribution in [0.15, 0.2) is 18.2 Å². The van der Waals surface area contributed by atoms with Crippen LogP contribution < -0.4 is 10.1 Å². The number of carboxylic acids is 1. The molecular weight excluding hydrogens is 277 g/mol. The average Bonchev–Trinajstić information content (AvgIpc) is 2.40. The molecule has 1 aromatic carbocycles. The number of halogens is 1. The van der Waals surface area contributed by atoms with Crippen molar-refractivity contribution in [3.8, 4) is 5.75 Å². The van der Waals surface area contributed by atoms with E-state index < -0.39 is 17.9 Å². The monoisotopic (exact) mass is 297 g/mol. The van der Waals surface area contributed by atoms with Crippen LogP contribution in [0.4, 0.5) is 4.39 Å². The second-order valence-electron chi connectivity index (χ2n) is 4.90. The number of amides is 1. The lowest BCUT2D eigenvalue weighted by atomic mass is 10.2. The van der Waals surface area contributed by atoms with E-state index in [1.54, 1.807) is 0 Å². The highest BCUT2D eigenvalue weighted by Crippen LogP contribution is 2.21. The van der Waals surface area contributed by atoms with Gasteiger partial charge in [-0.25, -0.2) is 9.18 Å². The van der Waals surface area contributed by atoms with E-state index in [1.165, 1.54) is 13.0 Å². The molecule has 0 aliphatic heterocycles. The largest absolute Gasteiger partial charge is 0.480 e. The summed E-state index contributed by atoms with van der Waals surface area (Å²) in [5.74, 6) is -2.35. The molecule has 2 atom stereocenters. The number of aromatic carboxylic acids is 1. The molecule has 0 heterocycles. The lowest BCUT2D eigenvalue weighted by Crippen LogP contribution is -2.41. The number of carboxylic acid groups (broad SMARTS) is 1. The molecule has 6 heteroatoms. The summed E-state index contributed by atoms with van der Waals surface area (Å²) in [4.78, 5) is 23.0. The van der Waals surface area contributed by atoms with Gasteiger partial charge in [0.2, 0.25) is 0 Å². The Morgan fingerprint density at radius 3 is 2.62 bits per heavy atom. The van der Waals surface area contributed by atoms with Crippen LogP contribution in [0.1, 0.15) is 44.0 Å². The van der Waals surface area contributed by atoms with Crippen molar-refractivity contribution >= 4 is 11.9 Å². The minimum Gasteiger partial charge on any atom is -0.480 e. The van der Waals surface area contributed by atoms with Gasteiger partial charge in [-0.3, -0.25) is 4.79 Å². The van der Waals surface area contributed by atoms with Crippen LogP contribution in [0.25, 0.3) is 0 Å². The summed E-state index contributed by atoms with van der Waals surface area (Å²) in [6.07, 6.45) is 0.917. The van der Waals surface area contributed by atoms with Gasteiger partial charge in [0.1, 0.15) is 17.1 Å². The molecule has 1 rings (SSSR count). The SMILES string of the molecule is CCCC(C)NC(=O)C(C)Oc1ccc(F)cc1C(=O)O. The van der Waals surface area contributed by atoms with Gasteiger partial charge in [-0.2, -0.15) is 0 Å². The second-order valence-corrected chi connectivity index (χ2v) is 4.90. The topological polar surface area (TPSA) is 75.6 Å². The minimum absolute atomic E-state index is 0.0145. The van der Waals surface area contributed by atoms with E-state index in [9.17, 15) is 14.0 Å². The molecule has 5 nitrogen and oxygen atoms in total. The van der Waals surface area contributed by atoms with Gasteiger partial charge >= 0.3 is 5.97 Å². The molecule has 0 bridgehead atoms. The van der Waals surface area contributed by atoms with Crippen LogP contribution >= 0.6 is 0 Å². The summed E-state index contributed by atoms with van der Waals surface area (Å²) in [5.41, 5.74) is -0.309. The Balaban J connectivity index is 2.76. The molecule has 1 aromatic rings. The molecule has 0 aromatic heterocycles. The highest BCUT2D eigenvalue weighted by Gasteiger charge is 2.20. The fourth-order valence-electron chi connectivity index (χ4n) is 1.88. The number of hydrogen-bond acceptors (Lipinski definition) is 3. The Labute approximate surface area is 123 Å². The molecular formula is C15H20FNO4. The van der Waals surface area contributed by atoms with Gasteiger partial charge in [-0.15, -0.1) is 0 Å². The van der Waals surface area contributed by atoms with Crippen molar-refractivity contribution in [2.24, 2.45) is 0 Å². The maximum atomic E-state index is 13.1. The third kappa shape index (κ3) is 5.06.